The Morgan fingerprint density at radius 2 is 1.55 bits per heavy atom. The minimum atomic E-state index is -0.857. The van der Waals surface area contributed by atoms with Gasteiger partial charge >= 0.3 is 11.8 Å². The van der Waals surface area contributed by atoms with Crippen LogP contribution in [0.15, 0.2) is 36.4 Å². The Balaban J connectivity index is 2.07. The molecule has 0 aliphatic rings. The second-order valence-corrected chi connectivity index (χ2v) is 5.47. The normalized spacial score (nSPS) is 10.1. The van der Waals surface area contributed by atoms with Gasteiger partial charge < -0.3 is 16.4 Å². The van der Waals surface area contributed by atoms with Gasteiger partial charge in [-0.05, 0) is 42.8 Å². The van der Waals surface area contributed by atoms with Gasteiger partial charge in [0, 0.05) is 5.02 Å². The molecule has 0 heterocycles. The molecule has 2 aromatic rings. The van der Waals surface area contributed by atoms with Crippen molar-refractivity contribution in [3.05, 3.63) is 52.0 Å². The van der Waals surface area contributed by atoms with Crippen LogP contribution in [-0.4, -0.2) is 11.8 Å². The third-order valence-corrected chi connectivity index (χ3v) is 3.39. The van der Waals surface area contributed by atoms with Crippen molar-refractivity contribution in [1.29, 1.82) is 0 Å². The van der Waals surface area contributed by atoms with Crippen LogP contribution in [0.3, 0.4) is 0 Å². The van der Waals surface area contributed by atoms with Gasteiger partial charge in [-0.3, -0.25) is 9.59 Å². The molecule has 7 heteroatoms. The average molecular weight is 338 g/mol. The van der Waals surface area contributed by atoms with Crippen molar-refractivity contribution in [2.75, 3.05) is 16.4 Å². The van der Waals surface area contributed by atoms with Gasteiger partial charge in [0.25, 0.3) is 0 Å². The molecule has 5 nitrogen and oxygen atoms in total. The number of carbonyl (C=O) groups is 2. The van der Waals surface area contributed by atoms with Crippen LogP contribution in [0, 0.1) is 6.92 Å². The molecule has 0 aliphatic heterocycles. The van der Waals surface area contributed by atoms with Crippen molar-refractivity contribution in [2.24, 2.45) is 0 Å². The lowest BCUT2D eigenvalue weighted by molar-refractivity contribution is -0.132. The van der Waals surface area contributed by atoms with Gasteiger partial charge in [0.15, 0.2) is 0 Å². The Labute approximate surface area is 137 Å². The number of hydrogen-bond acceptors (Lipinski definition) is 3. The molecule has 0 fully saturated rings. The van der Waals surface area contributed by atoms with Crippen molar-refractivity contribution >= 4 is 52.1 Å². The SMILES string of the molecule is Cc1ccc(NC(=O)C(=O)Nc2ccc(Cl)cc2Cl)c(N)c1. The van der Waals surface area contributed by atoms with Gasteiger partial charge in [-0.15, -0.1) is 0 Å². The number of aryl methyl sites for hydroxylation is 1. The first-order chi connectivity index (χ1) is 10.4. The number of amides is 2. The highest BCUT2D eigenvalue weighted by atomic mass is 35.5. The van der Waals surface area contributed by atoms with Gasteiger partial charge in [-0.1, -0.05) is 29.3 Å². The summed E-state index contributed by atoms with van der Waals surface area (Å²) < 4.78 is 0. The van der Waals surface area contributed by atoms with Gasteiger partial charge in [0.2, 0.25) is 0 Å². The second-order valence-electron chi connectivity index (χ2n) is 4.62. The summed E-state index contributed by atoms with van der Waals surface area (Å²) in [5, 5.41) is 5.52. The Bertz CT molecular complexity index is 684. The summed E-state index contributed by atoms with van der Waals surface area (Å²) in [7, 11) is 0. The molecule has 22 heavy (non-hydrogen) atoms. The minimum Gasteiger partial charge on any atom is -0.397 e. The lowest BCUT2D eigenvalue weighted by Gasteiger charge is -2.10. The van der Waals surface area contributed by atoms with Crippen LogP contribution in [0.1, 0.15) is 5.56 Å². The van der Waals surface area contributed by atoms with Crippen molar-refractivity contribution in [3.63, 3.8) is 0 Å². The molecular formula is C15H13Cl2N3O2. The first-order valence-electron chi connectivity index (χ1n) is 6.30. The van der Waals surface area contributed by atoms with E-state index in [1.165, 1.54) is 12.1 Å². The predicted octanol–water partition coefficient (Wildman–Crippen LogP) is 3.46. The number of halogens is 2. The van der Waals surface area contributed by atoms with Crippen LogP contribution < -0.4 is 16.4 Å². The number of anilines is 3. The number of carbonyl (C=O) groups excluding carboxylic acids is 2. The summed E-state index contributed by atoms with van der Waals surface area (Å²) in [6.07, 6.45) is 0. The largest absolute Gasteiger partial charge is 0.397 e. The first-order valence-corrected chi connectivity index (χ1v) is 7.06. The Hall–Kier alpha value is -2.24. The summed E-state index contributed by atoms with van der Waals surface area (Å²) in [5.74, 6) is -1.70. The standard InChI is InChI=1S/C15H13Cl2N3O2/c1-8-2-4-13(11(18)6-8)20-15(22)14(21)19-12-5-3-9(16)7-10(12)17/h2-7H,18H2,1H3,(H,19,21)(H,20,22). The van der Waals surface area contributed by atoms with E-state index in [0.717, 1.165) is 5.56 Å². The molecule has 0 bridgehead atoms. The van der Waals surface area contributed by atoms with Gasteiger partial charge in [-0.25, -0.2) is 0 Å². The van der Waals surface area contributed by atoms with Crippen molar-refractivity contribution in [1.82, 2.24) is 0 Å². The lowest BCUT2D eigenvalue weighted by Crippen LogP contribution is -2.29. The fraction of sp³-hybridized carbons (Fsp3) is 0.0667. The Morgan fingerprint density at radius 3 is 2.14 bits per heavy atom. The van der Waals surface area contributed by atoms with E-state index in [0.29, 0.717) is 22.1 Å². The summed E-state index contributed by atoms with van der Waals surface area (Å²) in [6, 6.07) is 9.64. The third kappa shape index (κ3) is 3.90. The first kappa shape index (κ1) is 16.1. The van der Waals surface area contributed by atoms with E-state index in [1.54, 1.807) is 24.3 Å². The van der Waals surface area contributed by atoms with Gasteiger partial charge in [0.05, 0.1) is 22.1 Å². The molecule has 0 saturated heterocycles. The number of rotatable bonds is 2. The van der Waals surface area contributed by atoms with Crippen molar-refractivity contribution in [2.45, 2.75) is 6.92 Å². The molecule has 0 unspecified atom stereocenters. The quantitative estimate of drug-likeness (QED) is 0.579. The summed E-state index contributed by atoms with van der Waals surface area (Å²) in [5.41, 5.74) is 7.78. The molecule has 4 N–H and O–H groups in total. The number of nitrogens with one attached hydrogen (secondary N) is 2. The molecule has 2 rings (SSSR count). The highest BCUT2D eigenvalue weighted by Gasteiger charge is 2.16. The van der Waals surface area contributed by atoms with Crippen molar-refractivity contribution in [3.8, 4) is 0 Å². The van der Waals surface area contributed by atoms with Crippen LogP contribution in [0.2, 0.25) is 10.0 Å². The summed E-state index contributed by atoms with van der Waals surface area (Å²) in [4.78, 5) is 23.8. The van der Waals surface area contributed by atoms with E-state index in [2.05, 4.69) is 10.6 Å². The van der Waals surface area contributed by atoms with E-state index < -0.39 is 11.8 Å². The smallest absolute Gasteiger partial charge is 0.314 e. The molecule has 0 spiro atoms. The van der Waals surface area contributed by atoms with Gasteiger partial charge in [-0.2, -0.15) is 0 Å². The monoisotopic (exact) mass is 337 g/mol. The third-order valence-electron chi connectivity index (χ3n) is 2.84. The van der Waals surface area contributed by atoms with E-state index in [1.807, 2.05) is 6.92 Å². The van der Waals surface area contributed by atoms with Crippen molar-refractivity contribution < 1.29 is 9.59 Å². The average Bonchev–Trinajstić information content (AvgIpc) is 2.44. The topological polar surface area (TPSA) is 84.2 Å². The highest BCUT2D eigenvalue weighted by Crippen LogP contribution is 2.25. The van der Waals surface area contributed by atoms with E-state index in [4.69, 9.17) is 28.9 Å². The number of benzene rings is 2. The lowest BCUT2D eigenvalue weighted by atomic mass is 10.2. The van der Waals surface area contributed by atoms with Gasteiger partial charge in [0.1, 0.15) is 0 Å². The molecule has 0 saturated carbocycles. The molecule has 2 aromatic carbocycles. The Morgan fingerprint density at radius 1 is 0.955 bits per heavy atom. The number of nitrogen functional groups attached to an aromatic ring is 1. The molecule has 2 amide bonds. The minimum absolute atomic E-state index is 0.239. The summed E-state index contributed by atoms with van der Waals surface area (Å²) in [6.45, 7) is 1.87. The highest BCUT2D eigenvalue weighted by molar-refractivity contribution is 6.45. The van der Waals surface area contributed by atoms with Crippen LogP contribution in [0.5, 0.6) is 0 Å². The molecule has 114 valence electrons. The van der Waals surface area contributed by atoms with Crippen LogP contribution in [-0.2, 0) is 9.59 Å². The van der Waals surface area contributed by atoms with Crippen LogP contribution in [0.25, 0.3) is 0 Å². The maximum Gasteiger partial charge on any atom is 0.314 e. The molecular weight excluding hydrogens is 325 g/mol. The zero-order chi connectivity index (χ0) is 16.3. The van der Waals surface area contributed by atoms with Crippen LogP contribution >= 0.6 is 23.2 Å². The zero-order valence-electron chi connectivity index (χ0n) is 11.6. The fourth-order valence-corrected chi connectivity index (χ4v) is 2.20. The number of nitrogens with two attached hydrogens (primary N) is 1. The van der Waals surface area contributed by atoms with Crippen LogP contribution in [0.4, 0.5) is 17.1 Å². The second kappa shape index (κ2) is 6.68. The number of hydrogen-bond donors (Lipinski definition) is 3. The molecule has 0 radical (unpaired) electrons. The molecule has 0 aromatic heterocycles. The van der Waals surface area contributed by atoms with E-state index >= 15 is 0 Å². The fourth-order valence-electron chi connectivity index (χ4n) is 1.74. The Kier molecular flexibility index (Phi) is 4.90. The summed E-state index contributed by atoms with van der Waals surface area (Å²) >= 11 is 11.7. The maximum atomic E-state index is 11.9. The molecule has 0 atom stereocenters. The predicted molar refractivity (Wildman–Crippen MR) is 89.3 cm³/mol. The van der Waals surface area contributed by atoms with E-state index in [9.17, 15) is 9.59 Å². The maximum absolute atomic E-state index is 11.9. The van der Waals surface area contributed by atoms with E-state index in [-0.39, 0.29) is 5.02 Å². The molecule has 0 aliphatic carbocycles. The zero-order valence-corrected chi connectivity index (χ0v) is 13.1.